The van der Waals surface area contributed by atoms with Crippen LogP contribution in [0.15, 0.2) is 66.9 Å². The average Bonchev–Trinajstić information content (AvgIpc) is 2.92. The minimum Gasteiger partial charge on any atom is -0.490 e. The number of rotatable bonds is 5. The van der Waals surface area contributed by atoms with Crippen molar-refractivity contribution in [1.29, 1.82) is 0 Å². The number of hydrogen-bond donors (Lipinski definition) is 2. The van der Waals surface area contributed by atoms with E-state index in [1.54, 1.807) is 11.7 Å². The molecule has 35 heavy (non-hydrogen) atoms. The van der Waals surface area contributed by atoms with Crippen molar-refractivity contribution in [3.8, 4) is 5.75 Å². The molecule has 1 aliphatic heterocycles. The van der Waals surface area contributed by atoms with Crippen LogP contribution in [0.25, 0.3) is 10.9 Å². The molecule has 182 valence electrons. The molecule has 0 bridgehead atoms. The second-order valence-electron chi connectivity index (χ2n) is 9.25. The number of piperazine rings is 1. The first-order chi connectivity index (χ1) is 17.1. The molecule has 1 saturated heterocycles. The standard InChI is InChI=1S/C27H30N4O4/c32-26(29-34)24-17-21(35-22-9-8-19-5-4-12-28-25(19)18-22)10-11-23(24)27(33)31-15-13-30(14-16-31)20-6-2-1-3-7-20/h1-9,12,18,21,23-24,34H,10-11,13-17H2,(H,29,32). The molecule has 3 aromatic rings. The number of ether oxygens (including phenoxy) is 1. The number of fused-ring (bicyclic) bond motifs is 1. The predicted octanol–water partition coefficient (Wildman–Crippen LogP) is 3.25. The zero-order valence-corrected chi connectivity index (χ0v) is 19.5. The van der Waals surface area contributed by atoms with E-state index in [-0.39, 0.29) is 12.0 Å². The minimum absolute atomic E-state index is 0.0142. The number of carbonyl (C=O) groups excluding carboxylic acids is 2. The second kappa shape index (κ2) is 10.3. The Labute approximate surface area is 204 Å². The molecular formula is C27H30N4O4. The third kappa shape index (κ3) is 5.07. The van der Waals surface area contributed by atoms with E-state index in [1.165, 1.54) is 0 Å². The quantitative estimate of drug-likeness (QED) is 0.436. The molecule has 0 radical (unpaired) electrons. The van der Waals surface area contributed by atoms with Crippen LogP contribution in [0.1, 0.15) is 19.3 Å². The highest BCUT2D eigenvalue weighted by molar-refractivity contribution is 5.87. The van der Waals surface area contributed by atoms with Crippen LogP contribution in [0.2, 0.25) is 0 Å². The fraction of sp³-hybridized carbons (Fsp3) is 0.370. The van der Waals surface area contributed by atoms with Crippen LogP contribution in [0.3, 0.4) is 0 Å². The Morgan fingerprint density at radius 2 is 1.74 bits per heavy atom. The molecule has 3 unspecified atom stereocenters. The normalized spacial score (nSPS) is 22.6. The maximum atomic E-state index is 13.4. The van der Waals surface area contributed by atoms with Gasteiger partial charge in [0.05, 0.1) is 23.5 Å². The zero-order chi connectivity index (χ0) is 24.2. The Morgan fingerprint density at radius 3 is 2.51 bits per heavy atom. The van der Waals surface area contributed by atoms with Gasteiger partial charge in [0.1, 0.15) is 5.75 Å². The predicted molar refractivity (Wildman–Crippen MR) is 132 cm³/mol. The van der Waals surface area contributed by atoms with Crippen LogP contribution in [-0.2, 0) is 9.59 Å². The van der Waals surface area contributed by atoms with Gasteiger partial charge in [0.2, 0.25) is 11.8 Å². The molecule has 0 spiro atoms. The van der Waals surface area contributed by atoms with E-state index in [0.717, 1.165) is 29.7 Å². The highest BCUT2D eigenvalue weighted by Gasteiger charge is 2.42. The number of carbonyl (C=O) groups is 2. The molecule has 8 heteroatoms. The minimum atomic E-state index is -0.642. The fourth-order valence-corrected chi connectivity index (χ4v) is 5.28. The molecule has 2 aliphatic rings. The van der Waals surface area contributed by atoms with Gasteiger partial charge in [-0.25, -0.2) is 5.48 Å². The Hall–Kier alpha value is -3.65. The first-order valence-electron chi connectivity index (χ1n) is 12.2. The summed E-state index contributed by atoms with van der Waals surface area (Å²) < 4.78 is 6.19. The SMILES string of the molecule is O=C(NO)C1CC(Oc2ccc3cccnc3c2)CCC1C(=O)N1CCN(c2ccccc2)CC1. The van der Waals surface area contributed by atoms with E-state index >= 15 is 0 Å². The van der Waals surface area contributed by atoms with Crippen molar-refractivity contribution in [2.45, 2.75) is 25.4 Å². The van der Waals surface area contributed by atoms with Crippen molar-refractivity contribution >= 4 is 28.4 Å². The molecular weight excluding hydrogens is 444 g/mol. The number of para-hydroxylation sites is 1. The van der Waals surface area contributed by atoms with Crippen molar-refractivity contribution in [2.24, 2.45) is 11.8 Å². The van der Waals surface area contributed by atoms with Gasteiger partial charge in [-0.1, -0.05) is 24.3 Å². The summed E-state index contributed by atoms with van der Waals surface area (Å²) in [5.74, 6) is -0.967. The lowest BCUT2D eigenvalue weighted by molar-refractivity contribution is -0.148. The molecule has 5 rings (SSSR count). The number of nitrogens with one attached hydrogen (secondary N) is 1. The molecule has 1 aromatic heterocycles. The summed E-state index contributed by atoms with van der Waals surface area (Å²) in [6.45, 7) is 2.73. The van der Waals surface area contributed by atoms with Gasteiger partial charge in [0.15, 0.2) is 0 Å². The Kier molecular flexibility index (Phi) is 6.81. The van der Waals surface area contributed by atoms with Gasteiger partial charge >= 0.3 is 0 Å². The van der Waals surface area contributed by atoms with Crippen LogP contribution in [-0.4, -0.2) is 59.2 Å². The molecule has 8 nitrogen and oxygen atoms in total. The van der Waals surface area contributed by atoms with Gasteiger partial charge < -0.3 is 14.5 Å². The zero-order valence-electron chi connectivity index (χ0n) is 19.5. The van der Waals surface area contributed by atoms with E-state index in [1.807, 2.05) is 53.4 Å². The van der Waals surface area contributed by atoms with E-state index in [2.05, 4.69) is 22.0 Å². The molecule has 2 amide bonds. The molecule has 1 aliphatic carbocycles. The summed E-state index contributed by atoms with van der Waals surface area (Å²) in [7, 11) is 0. The summed E-state index contributed by atoms with van der Waals surface area (Å²) in [5, 5.41) is 10.4. The van der Waals surface area contributed by atoms with E-state index < -0.39 is 17.7 Å². The lowest BCUT2D eigenvalue weighted by Crippen LogP contribution is -2.53. The van der Waals surface area contributed by atoms with Gasteiger partial charge in [-0.05, 0) is 49.6 Å². The van der Waals surface area contributed by atoms with Crippen LogP contribution in [0, 0.1) is 11.8 Å². The smallest absolute Gasteiger partial charge is 0.247 e. The monoisotopic (exact) mass is 474 g/mol. The largest absolute Gasteiger partial charge is 0.490 e. The molecule has 2 fully saturated rings. The number of benzene rings is 2. The highest BCUT2D eigenvalue weighted by Crippen LogP contribution is 2.35. The van der Waals surface area contributed by atoms with Gasteiger partial charge in [-0.2, -0.15) is 0 Å². The lowest BCUT2D eigenvalue weighted by atomic mass is 9.76. The van der Waals surface area contributed by atoms with Crippen LogP contribution >= 0.6 is 0 Å². The van der Waals surface area contributed by atoms with E-state index in [9.17, 15) is 14.8 Å². The Bertz CT molecular complexity index is 1180. The van der Waals surface area contributed by atoms with Crippen molar-refractivity contribution in [3.05, 3.63) is 66.9 Å². The lowest BCUT2D eigenvalue weighted by Gasteiger charge is -2.40. The third-order valence-corrected chi connectivity index (χ3v) is 7.16. The Morgan fingerprint density at radius 1 is 0.943 bits per heavy atom. The van der Waals surface area contributed by atoms with Gasteiger partial charge in [-0.15, -0.1) is 0 Å². The third-order valence-electron chi connectivity index (χ3n) is 7.16. The van der Waals surface area contributed by atoms with Gasteiger partial charge in [-0.3, -0.25) is 19.8 Å². The molecule has 1 saturated carbocycles. The van der Waals surface area contributed by atoms with Crippen molar-refractivity contribution < 1.29 is 19.5 Å². The maximum Gasteiger partial charge on any atom is 0.247 e. The second-order valence-corrected chi connectivity index (χ2v) is 9.25. The van der Waals surface area contributed by atoms with Crippen LogP contribution in [0.5, 0.6) is 5.75 Å². The summed E-state index contributed by atoms with van der Waals surface area (Å²) in [6.07, 6.45) is 3.08. The van der Waals surface area contributed by atoms with Crippen molar-refractivity contribution in [2.75, 3.05) is 31.1 Å². The van der Waals surface area contributed by atoms with Crippen molar-refractivity contribution in [3.63, 3.8) is 0 Å². The maximum absolute atomic E-state index is 13.4. The topological polar surface area (TPSA) is 95.0 Å². The van der Waals surface area contributed by atoms with Crippen molar-refractivity contribution in [1.82, 2.24) is 15.4 Å². The first-order valence-corrected chi connectivity index (χ1v) is 12.2. The van der Waals surface area contributed by atoms with Crippen LogP contribution < -0.4 is 15.1 Å². The summed E-state index contributed by atoms with van der Waals surface area (Å²) in [5.41, 5.74) is 3.77. The number of aromatic nitrogens is 1. The summed E-state index contributed by atoms with van der Waals surface area (Å²) >= 11 is 0. The summed E-state index contributed by atoms with van der Waals surface area (Å²) in [4.78, 5) is 34.5. The number of amides is 2. The number of hydrogen-bond acceptors (Lipinski definition) is 6. The molecule has 2 aromatic carbocycles. The van der Waals surface area contributed by atoms with Gasteiger partial charge in [0.25, 0.3) is 0 Å². The molecule has 2 heterocycles. The number of hydroxylamine groups is 1. The Balaban J connectivity index is 1.23. The molecule has 3 atom stereocenters. The summed E-state index contributed by atoms with van der Waals surface area (Å²) in [6, 6.07) is 19.8. The number of anilines is 1. The fourth-order valence-electron chi connectivity index (χ4n) is 5.28. The first kappa shape index (κ1) is 23.1. The number of pyridine rings is 1. The van der Waals surface area contributed by atoms with E-state index in [4.69, 9.17) is 4.74 Å². The van der Waals surface area contributed by atoms with Crippen LogP contribution in [0.4, 0.5) is 5.69 Å². The highest BCUT2D eigenvalue weighted by atomic mass is 16.5. The van der Waals surface area contributed by atoms with Gasteiger partial charge in [0, 0.05) is 49.5 Å². The van der Waals surface area contributed by atoms with E-state index in [0.29, 0.717) is 38.1 Å². The molecule has 2 N–H and O–H groups in total. The average molecular weight is 475 g/mol. The number of nitrogens with zero attached hydrogens (tertiary/aromatic N) is 3.